The van der Waals surface area contributed by atoms with Gasteiger partial charge in [0.2, 0.25) is 0 Å². The van der Waals surface area contributed by atoms with Crippen molar-refractivity contribution in [2.24, 2.45) is 4.99 Å². The molecule has 0 fully saturated rings. The Morgan fingerprint density at radius 1 is 1.33 bits per heavy atom. The highest BCUT2D eigenvalue weighted by Crippen LogP contribution is 2.23. The second kappa shape index (κ2) is 9.17. The number of methoxy groups -OCH3 is 1. The van der Waals surface area contributed by atoms with Crippen molar-refractivity contribution < 1.29 is 9.84 Å². The molecule has 130 valence electrons. The Morgan fingerprint density at radius 2 is 2.17 bits per heavy atom. The van der Waals surface area contributed by atoms with Gasteiger partial charge in [0, 0.05) is 26.2 Å². The smallest absolute Gasteiger partial charge is 0.191 e. The zero-order chi connectivity index (χ0) is 17.4. The normalized spacial score (nSPS) is 12.7. The summed E-state index contributed by atoms with van der Waals surface area (Å²) in [5, 5.41) is 20.9. The van der Waals surface area contributed by atoms with Gasteiger partial charge in [0.25, 0.3) is 0 Å². The summed E-state index contributed by atoms with van der Waals surface area (Å²) in [6.45, 7) is 3.70. The molecule has 0 aliphatic rings. The number of nitrogens with zero attached hydrogens (tertiary/aromatic N) is 1. The molecule has 1 heterocycles. The van der Waals surface area contributed by atoms with Gasteiger partial charge in [0.15, 0.2) is 5.96 Å². The first kappa shape index (κ1) is 18.1. The monoisotopic (exact) mass is 347 g/mol. The molecule has 2 rings (SSSR count). The molecule has 1 aromatic carbocycles. The standard InChI is InChI=1S/C18H25N3O2S/c1-13(15-7-9-24-12-15)11-21-18(19-2)20-8-6-14-4-5-16(23-3)10-17(14)22/h4-5,7,9-10,12-13,22H,6,8,11H2,1-3H3,(H2,19,20,21). The van der Waals surface area contributed by atoms with Gasteiger partial charge in [-0.1, -0.05) is 13.0 Å². The van der Waals surface area contributed by atoms with E-state index >= 15 is 0 Å². The first-order chi connectivity index (χ1) is 11.6. The third-order valence-electron chi connectivity index (χ3n) is 3.89. The highest BCUT2D eigenvalue weighted by molar-refractivity contribution is 7.07. The maximum atomic E-state index is 9.97. The van der Waals surface area contributed by atoms with Crippen LogP contribution in [0, 0.1) is 0 Å². The van der Waals surface area contributed by atoms with Gasteiger partial charge in [-0.2, -0.15) is 11.3 Å². The highest BCUT2D eigenvalue weighted by Gasteiger charge is 2.07. The average molecular weight is 347 g/mol. The maximum Gasteiger partial charge on any atom is 0.191 e. The largest absolute Gasteiger partial charge is 0.508 e. The molecule has 3 N–H and O–H groups in total. The number of nitrogens with one attached hydrogen (secondary N) is 2. The molecule has 0 saturated heterocycles. The van der Waals surface area contributed by atoms with Crippen LogP contribution in [0.2, 0.25) is 0 Å². The molecule has 1 aromatic heterocycles. The highest BCUT2D eigenvalue weighted by atomic mass is 32.1. The zero-order valence-corrected chi connectivity index (χ0v) is 15.2. The van der Waals surface area contributed by atoms with Gasteiger partial charge < -0.3 is 20.5 Å². The maximum absolute atomic E-state index is 9.97. The van der Waals surface area contributed by atoms with Crippen molar-refractivity contribution in [1.82, 2.24) is 10.6 Å². The molecule has 0 aliphatic carbocycles. The SMILES string of the molecule is CN=C(NCCc1ccc(OC)cc1O)NCC(C)c1ccsc1. The van der Waals surface area contributed by atoms with E-state index < -0.39 is 0 Å². The van der Waals surface area contributed by atoms with E-state index in [4.69, 9.17) is 4.74 Å². The van der Waals surface area contributed by atoms with Crippen LogP contribution in [0.4, 0.5) is 0 Å². The van der Waals surface area contributed by atoms with E-state index in [1.807, 2.05) is 12.1 Å². The van der Waals surface area contributed by atoms with Gasteiger partial charge >= 0.3 is 0 Å². The number of hydrogen-bond acceptors (Lipinski definition) is 4. The number of hydrogen-bond donors (Lipinski definition) is 3. The summed E-state index contributed by atoms with van der Waals surface area (Å²) in [5.41, 5.74) is 2.22. The number of aromatic hydroxyl groups is 1. The Morgan fingerprint density at radius 3 is 2.79 bits per heavy atom. The molecular formula is C18H25N3O2S. The third kappa shape index (κ3) is 5.16. The van der Waals surface area contributed by atoms with Gasteiger partial charge in [0.05, 0.1) is 7.11 Å². The third-order valence-corrected chi connectivity index (χ3v) is 4.59. The molecule has 0 aliphatic heterocycles. The molecule has 1 unspecified atom stereocenters. The van der Waals surface area contributed by atoms with Crippen LogP contribution in [0.15, 0.2) is 40.0 Å². The Bertz CT molecular complexity index is 656. The van der Waals surface area contributed by atoms with E-state index in [0.717, 1.165) is 18.1 Å². The van der Waals surface area contributed by atoms with Crippen LogP contribution in [-0.4, -0.2) is 38.3 Å². The van der Waals surface area contributed by atoms with E-state index in [0.29, 0.717) is 24.6 Å². The minimum atomic E-state index is 0.255. The number of ether oxygens (including phenoxy) is 1. The summed E-state index contributed by atoms with van der Waals surface area (Å²) in [5.74, 6) is 2.11. The molecule has 0 bridgehead atoms. The molecule has 0 spiro atoms. The molecule has 2 aromatic rings. The lowest BCUT2D eigenvalue weighted by Crippen LogP contribution is -2.39. The molecule has 0 saturated carbocycles. The molecule has 0 radical (unpaired) electrons. The summed E-state index contributed by atoms with van der Waals surface area (Å²) in [7, 11) is 3.35. The number of phenolic OH excluding ortho intramolecular Hbond substituents is 1. The second-order valence-electron chi connectivity index (χ2n) is 5.58. The van der Waals surface area contributed by atoms with Crippen molar-refractivity contribution in [3.05, 3.63) is 46.2 Å². The van der Waals surface area contributed by atoms with Crippen LogP contribution >= 0.6 is 11.3 Å². The Hall–Kier alpha value is -2.21. The van der Waals surface area contributed by atoms with Crippen LogP contribution in [0.25, 0.3) is 0 Å². The molecule has 6 heteroatoms. The summed E-state index contributed by atoms with van der Waals surface area (Å²) in [6, 6.07) is 7.51. The van der Waals surface area contributed by atoms with E-state index in [1.54, 1.807) is 31.6 Å². The average Bonchev–Trinajstić information content (AvgIpc) is 3.13. The minimum absolute atomic E-state index is 0.255. The van der Waals surface area contributed by atoms with Crippen molar-refractivity contribution in [1.29, 1.82) is 0 Å². The lowest BCUT2D eigenvalue weighted by atomic mass is 10.1. The Balaban J connectivity index is 1.77. The van der Waals surface area contributed by atoms with Crippen molar-refractivity contribution in [2.75, 3.05) is 27.2 Å². The molecule has 24 heavy (non-hydrogen) atoms. The van der Waals surface area contributed by atoms with Crippen molar-refractivity contribution >= 4 is 17.3 Å². The lowest BCUT2D eigenvalue weighted by molar-refractivity contribution is 0.406. The van der Waals surface area contributed by atoms with E-state index in [2.05, 4.69) is 39.4 Å². The van der Waals surface area contributed by atoms with Crippen LogP contribution in [0.1, 0.15) is 24.0 Å². The van der Waals surface area contributed by atoms with Gasteiger partial charge in [-0.25, -0.2) is 0 Å². The molecule has 0 amide bonds. The molecule has 5 nitrogen and oxygen atoms in total. The summed E-state index contributed by atoms with van der Waals surface area (Å²) < 4.78 is 5.09. The van der Waals surface area contributed by atoms with Gasteiger partial charge in [-0.3, -0.25) is 4.99 Å². The van der Waals surface area contributed by atoms with E-state index in [-0.39, 0.29) is 5.75 Å². The first-order valence-corrected chi connectivity index (χ1v) is 8.90. The van der Waals surface area contributed by atoms with Gasteiger partial charge in [-0.15, -0.1) is 0 Å². The van der Waals surface area contributed by atoms with Gasteiger partial charge in [-0.05, 0) is 46.4 Å². The number of benzene rings is 1. The van der Waals surface area contributed by atoms with Crippen LogP contribution in [-0.2, 0) is 6.42 Å². The topological polar surface area (TPSA) is 65.9 Å². The fourth-order valence-corrected chi connectivity index (χ4v) is 3.12. The number of aliphatic imine (C=N–C) groups is 1. The van der Waals surface area contributed by atoms with Crippen LogP contribution in [0.3, 0.4) is 0 Å². The summed E-state index contributed by atoms with van der Waals surface area (Å²) >= 11 is 1.72. The zero-order valence-electron chi connectivity index (χ0n) is 14.4. The van der Waals surface area contributed by atoms with Crippen molar-refractivity contribution in [2.45, 2.75) is 19.3 Å². The fourth-order valence-electron chi connectivity index (χ4n) is 2.34. The predicted octanol–water partition coefficient (Wildman–Crippen LogP) is 2.97. The lowest BCUT2D eigenvalue weighted by Gasteiger charge is -2.15. The predicted molar refractivity (Wildman–Crippen MR) is 100 cm³/mol. The molecule has 1 atom stereocenters. The van der Waals surface area contributed by atoms with E-state index in [9.17, 15) is 5.11 Å². The summed E-state index contributed by atoms with van der Waals surface area (Å²) in [6.07, 6.45) is 0.705. The molecular weight excluding hydrogens is 322 g/mol. The van der Waals surface area contributed by atoms with Gasteiger partial charge in [0.1, 0.15) is 11.5 Å². The number of rotatable bonds is 7. The Labute approximate surface area is 147 Å². The Kier molecular flexibility index (Phi) is 6.93. The summed E-state index contributed by atoms with van der Waals surface area (Å²) in [4.78, 5) is 4.24. The van der Waals surface area contributed by atoms with Crippen LogP contribution < -0.4 is 15.4 Å². The number of thiophene rings is 1. The van der Waals surface area contributed by atoms with Crippen LogP contribution in [0.5, 0.6) is 11.5 Å². The fraction of sp³-hybridized carbons (Fsp3) is 0.389. The quantitative estimate of drug-likeness (QED) is 0.532. The first-order valence-electron chi connectivity index (χ1n) is 7.96. The van der Waals surface area contributed by atoms with Crippen molar-refractivity contribution in [3.63, 3.8) is 0 Å². The number of phenols is 1. The van der Waals surface area contributed by atoms with E-state index in [1.165, 1.54) is 5.56 Å². The second-order valence-corrected chi connectivity index (χ2v) is 6.36. The number of guanidine groups is 1. The minimum Gasteiger partial charge on any atom is -0.508 e. The van der Waals surface area contributed by atoms with Crippen molar-refractivity contribution in [3.8, 4) is 11.5 Å².